The van der Waals surface area contributed by atoms with E-state index in [4.69, 9.17) is 4.74 Å². The van der Waals surface area contributed by atoms with E-state index in [0.29, 0.717) is 5.92 Å². The predicted molar refractivity (Wildman–Crippen MR) is 94.3 cm³/mol. The van der Waals surface area contributed by atoms with Crippen molar-refractivity contribution in [3.05, 3.63) is 35.4 Å². The summed E-state index contributed by atoms with van der Waals surface area (Å²) >= 11 is 0. The van der Waals surface area contributed by atoms with Crippen molar-refractivity contribution in [2.24, 2.45) is 11.8 Å². The number of benzene rings is 1. The van der Waals surface area contributed by atoms with Crippen molar-refractivity contribution in [1.29, 1.82) is 0 Å². The number of hydrogen-bond acceptors (Lipinski definition) is 3. The van der Waals surface area contributed by atoms with E-state index in [9.17, 15) is 4.79 Å². The second-order valence-corrected chi connectivity index (χ2v) is 7.20. The average Bonchev–Trinajstić information content (AvgIpc) is 2.57. The van der Waals surface area contributed by atoms with Gasteiger partial charge in [0.1, 0.15) is 6.04 Å². The maximum absolute atomic E-state index is 12.2. The summed E-state index contributed by atoms with van der Waals surface area (Å²) in [5.41, 5.74) is 2.56. The van der Waals surface area contributed by atoms with Crippen molar-refractivity contribution < 1.29 is 9.53 Å². The van der Waals surface area contributed by atoms with E-state index in [1.807, 2.05) is 0 Å². The van der Waals surface area contributed by atoms with Gasteiger partial charge < -0.3 is 4.74 Å². The Kier molecular flexibility index (Phi) is 6.64. The Bertz CT molecular complexity index is 489. The SMILES string of the molecule is COC(=O)[C@@H](NC(c1ccc(C)cc1)C1CCCCC1)C(C)C. The molecule has 1 aliphatic carbocycles. The van der Waals surface area contributed by atoms with E-state index < -0.39 is 0 Å². The van der Waals surface area contributed by atoms with Crippen LogP contribution in [-0.4, -0.2) is 19.1 Å². The van der Waals surface area contributed by atoms with E-state index in [0.717, 1.165) is 0 Å². The van der Waals surface area contributed by atoms with Gasteiger partial charge in [-0.2, -0.15) is 0 Å². The van der Waals surface area contributed by atoms with Gasteiger partial charge in [-0.25, -0.2) is 0 Å². The van der Waals surface area contributed by atoms with Gasteiger partial charge in [0, 0.05) is 6.04 Å². The van der Waals surface area contributed by atoms with Crippen LogP contribution >= 0.6 is 0 Å². The van der Waals surface area contributed by atoms with Crippen LogP contribution in [0.15, 0.2) is 24.3 Å². The number of carbonyl (C=O) groups is 1. The molecule has 2 atom stereocenters. The summed E-state index contributed by atoms with van der Waals surface area (Å²) in [6, 6.07) is 8.70. The summed E-state index contributed by atoms with van der Waals surface area (Å²) in [6.07, 6.45) is 6.38. The van der Waals surface area contributed by atoms with E-state index in [-0.39, 0.29) is 24.0 Å². The lowest BCUT2D eigenvalue weighted by Crippen LogP contribution is -2.46. The fraction of sp³-hybridized carbons (Fsp3) is 0.650. The third-order valence-corrected chi connectivity index (χ3v) is 5.04. The molecule has 3 heteroatoms. The van der Waals surface area contributed by atoms with Gasteiger partial charge in [0.05, 0.1) is 7.11 Å². The van der Waals surface area contributed by atoms with Crippen molar-refractivity contribution >= 4 is 5.97 Å². The molecule has 0 aliphatic heterocycles. The molecule has 1 saturated carbocycles. The smallest absolute Gasteiger partial charge is 0.323 e. The van der Waals surface area contributed by atoms with Gasteiger partial charge in [-0.1, -0.05) is 62.9 Å². The molecule has 1 fully saturated rings. The third kappa shape index (κ3) is 4.81. The first-order chi connectivity index (χ1) is 11.0. The minimum atomic E-state index is -0.256. The molecular weight excluding hydrogens is 286 g/mol. The zero-order valence-electron chi connectivity index (χ0n) is 15.0. The Morgan fingerprint density at radius 1 is 1.13 bits per heavy atom. The van der Waals surface area contributed by atoms with Crippen LogP contribution in [0.3, 0.4) is 0 Å². The first kappa shape index (κ1) is 18.0. The highest BCUT2D eigenvalue weighted by Crippen LogP contribution is 2.35. The van der Waals surface area contributed by atoms with Gasteiger partial charge in [-0.3, -0.25) is 10.1 Å². The van der Waals surface area contributed by atoms with Crippen molar-refractivity contribution in [2.45, 2.75) is 65.0 Å². The number of ether oxygens (including phenoxy) is 1. The minimum absolute atomic E-state index is 0.159. The number of esters is 1. The lowest BCUT2D eigenvalue weighted by atomic mass is 9.80. The fourth-order valence-electron chi connectivity index (χ4n) is 3.60. The molecule has 0 spiro atoms. The van der Waals surface area contributed by atoms with Crippen molar-refractivity contribution in [3.63, 3.8) is 0 Å². The Morgan fingerprint density at radius 2 is 1.74 bits per heavy atom. The van der Waals surface area contributed by atoms with Gasteiger partial charge in [0.25, 0.3) is 0 Å². The number of methoxy groups -OCH3 is 1. The zero-order valence-corrected chi connectivity index (χ0v) is 15.0. The highest BCUT2D eigenvalue weighted by Gasteiger charge is 2.31. The molecule has 0 heterocycles. The van der Waals surface area contributed by atoms with E-state index in [2.05, 4.69) is 50.4 Å². The Labute approximate surface area is 140 Å². The van der Waals surface area contributed by atoms with Crippen LogP contribution in [0.2, 0.25) is 0 Å². The average molecular weight is 317 g/mol. The molecule has 3 nitrogen and oxygen atoms in total. The topological polar surface area (TPSA) is 38.3 Å². The molecule has 0 bridgehead atoms. The number of rotatable bonds is 6. The van der Waals surface area contributed by atoms with Crippen LogP contribution in [0, 0.1) is 18.8 Å². The van der Waals surface area contributed by atoms with Crippen LogP contribution in [0.25, 0.3) is 0 Å². The minimum Gasteiger partial charge on any atom is -0.468 e. The van der Waals surface area contributed by atoms with Crippen LogP contribution in [0.5, 0.6) is 0 Å². The van der Waals surface area contributed by atoms with E-state index in [1.54, 1.807) is 0 Å². The first-order valence-electron chi connectivity index (χ1n) is 8.93. The van der Waals surface area contributed by atoms with Gasteiger partial charge in [-0.15, -0.1) is 0 Å². The molecule has 0 saturated heterocycles. The van der Waals surface area contributed by atoms with Gasteiger partial charge in [0.15, 0.2) is 0 Å². The monoisotopic (exact) mass is 317 g/mol. The predicted octanol–water partition coefficient (Wildman–Crippen LogP) is 4.40. The fourth-order valence-corrected chi connectivity index (χ4v) is 3.60. The molecule has 1 aromatic rings. The van der Waals surface area contributed by atoms with Crippen molar-refractivity contribution in [1.82, 2.24) is 5.32 Å². The summed E-state index contributed by atoms with van der Waals surface area (Å²) in [6.45, 7) is 6.25. The zero-order chi connectivity index (χ0) is 16.8. The molecule has 2 rings (SSSR count). The Morgan fingerprint density at radius 3 is 2.26 bits per heavy atom. The van der Waals surface area contributed by atoms with Gasteiger partial charge >= 0.3 is 5.97 Å². The maximum Gasteiger partial charge on any atom is 0.323 e. The normalized spacial score (nSPS) is 18.7. The first-order valence-corrected chi connectivity index (χ1v) is 8.93. The van der Waals surface area contributed by atoms with Crippen LogP contribution in [0.1, 0.15) is 63.1 Å². The van der Waals surface area contributed by atoms with Gasteiger partial charge in [0.2, 0.25) is 0 Å². The third-order valence-electron chi connectivity index (χ3n) is 5.04. The lowest BCUT2D eigenvalue weighted by Gasteiger charge is -2.35. The molecule has 1 unspecified atom stereocenters. The molecule has 1 aromatic carbocycles. The summed E-state index contributed by atoms with van der Waals surface area (Å²) in [5, 5.41) is 3.64. The highest BCUT2D eigenvalue weighted by atomic mass is 16.5. The second kappa shape index (κ2) is 8.49. The number of hydrogen-bond donors (Lipinski definition) is 1. The summed E-state index contributed by atoms with van der Waals surface area (Å²) < 4.78 is 5.02. The van der Waals surface area contributed by atoms with Crippen molar-refractivity contribution in [3.8, 4) is 0 Å². The molecule has 128 valence electrons. The van der Waals surface area contributed by atoms with Crippen LogP contribution in [0.4, 0.5) is 0 Å². The van der Waals surface area contributed by atoms with Crippen molar-refractivity contribution in [2.75, 3.05) is 7.11 Å². The van der Waals surface area contributed by atoms with Crippen LogP contribution in [-0.2, 0) is 9.53 Å². The molecule has 1 aliphatic rings. The van der Waals surface area contributed by atoms with Crippen LogP contribution < -0.4 is 5.32 Å². The molecular formula is C20H31NO2. The molecule has 0 aromatic heterocycles. The Hall–Kier alpha value is -1.35. The summed E-state index contributed by atoms with van der Waals surface area (Å²) in [4.78, 5) is 12.2. The summed E-state index contributed by atoms with van der Waals surface area (Å²) in [7, 11) is 1.47. The Balaban J connectivity index is 2.24. The number of aryl methyl sites for hydroxylation is 1. The highest BCUT2D eigenvalue weighted by molar-refractivity contribution is 5.76. The van der Waals surface area contributed by atoms with Gasteiger partial charge in [-0.05, 0) is 37.2 Å². The quantitative estimate of drug-likeness (QED) is 0.790. The standard InChI is InChI=1S/C20H31NO2/c1-14(2)18(20(22)23-4)21-19(16-8-6-5-7-9-16)17-12-10-15(3)11-13-17/h10-14,16,18-19,21H,5-9H2,1-4H3/t18-,19?/m0/s1. The van der Waals surface area contributed by atoms with E-state index >= 15 is 0 Å². The second-order valence-electron chi connectivity index (χ2n) is 7.20. The molecule has 0 amide bonds. The number of nitrogens with one attached hydrogen (secondary N) is 1. The number of carbonyl (C=O) groups excluding carboxylic acids is 1. The largest absolute Gasteiger partial charge is 0.468 e. The molecule has 23 heavy (non-hydrogen) atoms. The maximum atomic E-state index is 12.2. The molecule has 0 radical (unpaired) electrons. The molecule has 1 N–H and O–H groups in total. The summed E-state index contributed by atoms with van der Waals surface area (Å²) in [5.74, 6) is 0.643. The lowest BCUT2D eigenvalue weighted by molar-refractivity contribution is -0.144. The van der Waals surface area contributed by atoms with E-state index in [1.165, 1.54) is 50.3 Å².